The maximum absolute atomic E-state index is 14.2. The fourth-order valence-electron chi connectivity index (χ4n) is 2.80. The number of anilines is 1. The third-order valence-corrected chi connectivity index (χ3v) is 4.94. The van der Waals surface area contributed by atoms with Crippen molar-refractivity contribution in [2.75, 3.05) is 11.9 Å². The van der Waals surface area contributed by atoms with Gasteiger partial charge in [0.25, 0.3) is 0 Å². The van der Waals surface area contributed by atoms with E-state index in [1.54, 1.807) is 22.9 Å². The van der Waals surface area contributed by atoms with Crippen molar-refractivity contribution in [3.63, 3.8) is 0 Å². The van der Waals surface area contributed by atoms with Gasteiger partial charge in [-0.15, -0.1) is 0 Å². The first-order valence-electron chi connectivity index (χ1n) is 9.68. The molecule has 0 bridgehead atoms. The van der Waals surface area contributed by atoms with Crippen LogP contribution in [0.2, 0.25) is 0 Å². The smallest absolute Gasteiger partial charge is 0.183 e. The number of hydrogen-bond acceptors (Lipinski definition) is 5. The number of benzene rings is 1. The third kappa shape index (κ3) is 4.95. The minimum atomic E-state index is -0.554. The summed E-state index contributed by atoms with van der Waals surface area (Å²) in [4.78, 5) is 8.37. The van der Waals surface area contributed by atoms with Gasteiger partial charge in [0.05, 0.1) is 12.7 Å². The Morgan fingerprint density at radius 1 is 1.17 bits per heavy atom. The molecular formula is C21H26F2N6. The normalized spacial score (nSPS) is 13.3. The van der Waals surface area contributed by atoms with Crippen LogP contribution in [0, 0.1) is 11.6 Å². The van der Waals surface area contributed by atoms with Gasteiger partial charge in [-0.1, -0.05) is 32.0 Å². The molecule has 6 nitrogen and oxygen atoms in total. The lowest BCUT2D eigenvalue weighted by Crippen LogP contribution is -2.42. The standard InChI is InChI=1S/C21H26F2N6/c1-4-15-10-18(28-29(15)12-14-8-6-7-9-16(14)22)20-25-11-17(23)19(27-20)26-13-21(3,24)5-2/h6-11H,4-5,12-13,24H2,1-3H3,(H,25,26,27). The van der Waals surface area contributed by atoms with Crippen LogP contribution < -0.4 is 11.1 Å². The van der Waals surface area contributed by atoms with E-state index in [0.717, 1.165) is 18.3 Å². The molecule has 1 unspecified atom stereocenters. The van der Waals surface area contributed by atoms with E-state index in [1.807, 2.05) is 26.8 Å². The first kappa shape index (κ1) is 20.9. The van der Waals surface area contributed by atoms with Crippen molar-refractivity contribution < 1.29 is 8.78 Å². The van der Waals surface area contributed by atoms with Crippen molar-refractivity contribution >= 4 is 5.82 Å². The van der Waals surface area contributed by atoms with Gasteiger partial charge in [-0.25, -0.2) is 18.7 Å². The summed E-state index contributed by atoms with van der Waals surface area (Å²) < 4.78 is 29.9. The van der Waals surface area contributed by atoms with Crippen molar-refractivity contribution in [1.82, 2.24) is 19.7 Å². The maximum Gasteiger partial charge on any atom is 0.183 e. The molecule has 0 fully saturated rings. The molecule has 3 aromatic rings. The van der Waals surface area contributed by atoms with Crippen molar-refractivity contribution in [3.8, 4) is 11.5 Å². The van der Waals surface area contributed by atoms with E-state index >= 15 is 0 Å². The minimum absolute atomic E-state index is 0.0850. The Hall–Kier alpha value is -2.87. The molecule has 0 amide bonds. The van der Waals surface area contributed by atoms with E-state index in [4.69, 9.17) is 5.73 Å². The van der Waals surface area contributed by atoms with E-state index < -0.39 is 11.4 Å². The third-order valence-electron chi connectivity index (χ3n) is 4.94. The molecule has 0 saturated heterocycles. The maximum atomic E-state index is 14.2. The SMILES string of the molecule is CCc1cc(-c2ncc(F)c(NCC(C)(N)CC)n2)nn1Cc1ccccc1F. The van der Waals surface area contributed by atoms with Crippen LogP contribution in [0.4, 0.5) is 14.6 Å². The molecule has 0 spiro atoms. The number of aryl methyl sites for hydroxylation is 1. The zero-order chi connectivity index (χ0) is 21.0. The van der Waals surface area contributed by atoms with Crippen LogP contribution in [-0.4, -0.2) is 31.8 Å². The van der Waals surface area contributed by atoms with E-state index in [0.29, 0.717) is 36.6 Å². The molecule has 0 aliphatic heterocycles. The van der Waals surface area contributed by atoms with Gasteiger partial charge >= 0.3 is 0 Å². The molecule has 1 atom stereocenters. The summed E-state index contributed by atoms with van der Waals surface area (Å²) in [5, 5.41) is 7.50. The summed E-state index contributed by atoms with van der Waals surface area (Å²) in [6, 6.07) is 8.44. The van der Waals surface area contributed by atoms with E-state index in [9.17, 15) is 8.78 Å². The van der Waals surface area contributed by atoms with E-state index in [2.05, 4.69) is 20.4 Å². The van der Waals surface area contributed by atoms with Crippen LogP contribution in [0.25, 0.3) is 11.5 Å². The molecule has 3 N–H and O–H groups in total. The van der Waals surface area contributed by atoms with Gasteiger partial charge in [0, 0.05) is 23.3 Å². The lowest BCUT2D eigenvalue weighted by atomic mass is 10.0. The van der Waals surface area contributed by atoms with Gasteiger partial charge in [0.1, 0.15) is 11.5 Å². The van der Waals surface area contributed by atoms with E-state index in [1.165, 1.54) is 6.07 Å². The summed E-state index contributed by atoms with van der Waals surface area (Å²) in [5.74, 6) is -0.452. The number of aromatic nitrogens is 4. The average Bonchev–Trinajstić information content (AvgIpc) is 3.12. The second kappa shape index (κ2) is 8.65. The van der Waals surface area contributed by atoms with Gasteiger partial charge in [0.2, 0.25) is 0 Å². The molecule has 0 aliphatic rings. The molecule has 2 heterocycles. The molecule has 29 heavy (non-hydrogen) atoms. The summed E-state index contributed by atoms with van der Waals surface area (Å²) in [5.41, 5.74) is 7.60. The zero-order valence-corrected chi connectivity index (χ0v) is 16.9. The molecule has 154 valence electrons. The summed E-state index contributed by atoms with van der Waals surface area (Å²) in [6.07, 6.45) is 2.56. The second-order valence-corrected chi connectivity index (χ2v) is 7.37. The second-order valence-electron chi connectivity index (χ2n) is 7.37. The quantitative estimate of drug-likeness (QED) is 0.602. The summed E-state index contributed by atoms with van der Waals surface area (Å²) in [7, 11) is 0. The van der Waals surface area contributed by atoms with Crippen LogP contribution >= 0.6 is 0 Å². The predicted molar refractivity (Wildman–Crippen MR) is 109 cm³/mol. The Bertz CT molecular complexity index is 983. The molecule has 1 aromatic carbocycles. The fraction of sp³-hybridized carbons (Fsp3) is 0.381. The zero-order valence-electron chi connectivity index (χ0n) is 16.9. The largest absolute Gasteiger partial charge is 0.366 e. The highest BCUT2D eigenvalue weighted by molar-refractivity contribution is 5.53. The van der Waals surface area contributed by atoms with Gasteiger partial charge in [0.15, 0.2) is 17.5 Å². The Kier molecular flexibility index (Phi) is 6.22. The first-order chi connectivity index (χ1) is 13.8. The van der Waals surface area contributed by atoms with Crippen LogP contribution in [0.1, 0.15) is 38.4 Å². The van der Waals surface area contributed by atoms with Gasteiger partial charge in [-0.3, -0.25) is 4.68 Å². The Morgan fingerprint density at radius 3 is 2.62 bits per heavy atom. The lowest BCUT2D eigenvalue weighted by Gasteiger charge is -2.23. The van der Waals surface area contributed by atoms with Crippen LogP contribution in [0.15, 0.2) is 36.5 Å². The molecule has 0 aliphatic carbocycles. The summed E-state index contributed by atoms with van der Waals surface area (Å²) >= 11 is 0. The van der Waals surface area contributed by atoms with Crippen molar-refractivity contribution in [2.45, 2.75) is 45.7 Å². The molecule has 0 radical (unpaired) electrons. The first-order valence-corrected chi connectivity index (χ1v) is 9.68. The van der Waals surface area contributed by atoms with Crippen molar-refractivity contribution in [2.24, 2.45) is 5.73 Å². The van der Waals surface area contributed by atoms with Crippen molar-refractivity contribution in [1.29, 1.82) is 0 Å². The number of nitrogens with two attached hydrogens (primary N) is 1. The molecular weight excluding hydrogens is 374 g/mol. The number of rotatable bonds is 8. The molecule has 2 aromatic heterocycles. The highest BCUT2D eigenvalue weighted by Gasteiger charge is 2.18. The highest BCUT2D eigenvalue weighted by Crippen LogP contribution is 2.21. The number of halogens is 2. The summed E-state index contributed by atoms with van der Waals surface area (Å²) in [6.45, 7) is 6.52. The number of nitrogens with zero attached hydrogens (tertiary/aromatic N) is 4. The van der Waals surface area contributed by atoms with Crippen LogP contribution in [-0.2, 0) is 13.0 Å². The molecule has 0 saturated carbocycles. The monoisotopic (exact) mass is 400 g/mol. The lowest BCUT2D eigenvalue weighted by molar-refractivity contribution is 0.475. The average molecular weight is 400 g/mol. The van der Waals surface area contributed by atoms with Crippen LogP contribution in [0.5, 0.6) is 0 Å². The van der Waals surface area contributed by atoms with Gasteiger partial charge in [-0.2, -0.15) is 5.10 Å². The molecule has 8 heteroatoms. The topological polar surface area (TPSA) is 81.7 Å². The fourth-order valence-corrected chi connectivity index (χ4v) is 2.80. The molecule has 3 rings (SSSR count). The Morgan fingerprint density at radius 2 is 1.93 bits per heavy atom. The van der Waals surface area contributed by atoms with Crippen molar-refractivity contribution in [3.05, 3.63) is 59.4 Å². The number of nitrogens with one attached hydrogen (secondary N) is 1. The van der Waals surface area contributed by atoms with E-state index in [-0.39, 0.29) is 11.6 Å². The number of hydrogen-bond donors (Lipinski definition) is 2. The van der Waals surface area contributed by atoms with Gasteiger partial charge < -0.3 is 11.1 Å². The van der Waals surface area contributed by atoms with Gasteiger partial charge in [-0.05, 0) is 31.9 Å². The Balaban J connectivity index is 1.88. The van der Waals surface area contributed by atoms with Crippen LogP contribution in [0.3, 0.4) is 0 Å². The minimum Gasteiger partial charge on any atom is -0.366 e. The predicted octanol–water partition coefficient (Wildman–Crippen LogP) is 3.77. The highest BCUT2D eigenvalue weighted by atomic mass is 19.1. The Labute approximate surface area is 169 Å².